The van der Waals surface area contributed by atoms with Crippen LogP contribution in [-0.4, -0.2) is 37.3 Å². The molecule has 1 spiro atoms. The molecule has 5 heteroatoms. The standard InChI is InChI=1S/C16H27BO4/c1-5-8-15(4)14(2,3)20-17(21-15)13-6-9-16(10-7-13)18-11-12-19-16/h6H,5,7-12H2,1-4H3. The van der Waals surface area contributed by atoms with Gasteiger partial charge in [0.15, 0.2) is 5.79 Å². The average Bonchev–Trinajstić information content (AvgIpc) is 2.95. The highest BCUT2D eigenvalue weighted by Gasteiger charge is 2.55. The van der Waals surface area contributed by atoms with Crippen molar-refractivity contribution >= 4 is 7.12 Å². The van der Waals surface area contributed by atoms with Crippen LogP contribution in [0.4, 0.5) is 0 Å². The Labute approximate surface area is 128 Å². The van der Waals surface area contributed by atoms with Crippen molar-refractivity contribution in [3.8, 4) is 0 Å². The number of hydrogen-bond acceptors (Lipinski definition) is 4. The van der Waals surface area contributed by atoms with E-state index in [0.717, 1.165) is 32.1 Å². The van der Waals surface area contributed by atoms with Gasteiger partial charge in [-0.25, -0.2) is 0 Å². The molecule has 0 aromatic carbocycles. The lowest BCUT2D eigenvalue weighted by Crippen LogP contribution is -2.44. The Morgan fingerprint density at radius 1 is 1.14 bits per heavy atom. The van der Waals surface area contributed by atoms with Crippen molar-refractivity contribution in [1.82, 2.24) is 0 Å². The summed E-state index contributed by atoms with van der Waals surface area (Å²) in [6.07, 6.45) is 6.93. The summed E-state index contributed by atoms with van der Waals surface area (Å²) in [6.45, 7) is 10.1. The minimum absolute atomic E-state index is 0.213. The molecular formula is C16H27BO4. The molecule has 1 aliphatic carbocycles. The zero-order valence-electron chi connectivity index (χ0n) is 13.7. The largest absolute Gasteiger partial charge is 0.490 e. The maximum atomic E-state index is 6.32. The van der Waals surface area contributed by atoms with E-state index < -0.39 is 0 Å². The SMILES string of the molecule is CCCC1(C)OB(C2=CCC3(CC2)OCCO3)OC1(C)C. The fraction of sp³-hybridized carbons (Fsp3) is 0.875. The summed E-state index contributed by atoms with van der Waals surface area (Å²) >= 11 is 0. The molecule has 2 heterocycles. The Morgan fingerprint density at radius 3 is 2.43 bits per heavy atom. The third-order valence-electron chi connectivity index (χ3n) is 5.36. The van der Waals surface area contributed by atoms with Crippen LogP contribution < -0.4 is 0 Å². The summed E-state index contributed by atoms with van der Waals surface area (Å²) in [4.78, 5) is 0. The van der Waals surface area contributed by atoms with Crippen molar-refractivity contribution in [3.63, 3.8) is 0 Å². The highest BCUT2D eigenvalue weighted by Crippen LogP contribution is 2.44. The van der Waals surface area contributed by atoms with E-state index in [9.17, 15) is 0 Å². The second-order valence-electron chi connectivity index (χ2n) is 7.15. The lowest BCUT2D eigenvalue weighted by atomic mass is 9.71. The van der Waals surface area contributed by atoms with Gasteiger partial charge in [0.05, 0.1) is 24.4 Å². The van der Waals surface area contributed by atoms with Crippen LogP contribution in [-0.2, 0) is 18.8 Å². The van der Waals surface area contributed by atoms with E-state index in [1.165, 1.54) is 5.47 Å². The van der Waals surface area contributed by atoms with Crippen LogP contribution in [0.25, 0.3) is 0 Å². The fourth-order valence-electron chi connectivity index (χ4n) is 3.58. The van der Waals surface area contributed by atoms with Gasteiger partial charge < -0.3 is 18.8 Å². The summed E-state index contributed by atoms with van der Waals surface area (Å²) in [5.74, 6) is -0.371. The predicted molar refractivity (Wildman–Crippen MR) is 81.9 cm³/mol. The molecule has 4 nitrogen and oxygen atoms in total. The van der Waals surface area contributed by atoms with Gasteiger partial charge >= 0.3 is 7.12 Å². The molecule has 0 aromatic rings. The minimum Gasteiger partial charge on any atom is -0.400 e. The first-order chi connectivity index (χ1) is 9.90. The first kappa shape index (κ1) is 15.5. The molecule has 118 valence electrons. The van der Waals surface area contributed by atoms with Crippen molar-refractivity contribution in [1.29, 1.82) is 0 Å². The first-order valence-corrected chi connectivity index (χ1v) is 8.22. The van der Waals surface area contributed by atoms with E-state index >= 15 is 0 Å². The smallest absolute Gasteiger partial charge is 0.400 e. The summed E-state index contributed by atoms with van der Waals surface area (Å²) in [5.41, 5.74) is 0.764. The third-order valence-corrected chi connectivity index (χ3v) is 5.36. The maximum absolute atomic E-state index is 6.32. The number of hydrogen-bond donors (Lipinski definition) is 0. The highest BCUT2D eigenvalue weighted by atomic mass is 16.7. The maximum Gasteiger partial charge on any atom is 0.490 e. The third kappa shape index (κ3) is 2.69. The van der Waals surface area contributed by atoms with Crippen LogP contribution >= 0.6 is 0 Å². The van der Waals surface area contributed by atoms with Crippen LogP contribution in [0, 0.1) is 0 Å². The Kier molecular flexibility index (Phi) is 3.98. The Bertz CT molecular complexity index is 428. The van der Waals surface area contributed by atoms with E-state index in [1.54, 1.807) is 0 Å². The monoisotopic (exact) mass is 294 g/mol. The molecule has 21 heavy (non-hydrogen) atoms. The molecule has 0 N–H and O–H groups in total. The van der Waals surface area contributed by atoms with Crippen LogP contribution in [0.5, 0.6) is 0 Å². The summed E-state index contributed by atoms with van der Waals surface area (Å²) in [7, 11) is -0.213. The summed E-state index contributed by atoms with van der Waals surface area (Å²) < 4.78 is 24.1. The number of allylic oxidation sites excluding steroid dienone is 1. The number of ether oxygens (including phenoxy) is 2. The molecule has 0 radical (unpaired) electrons. The van der Waals surface area contributed by atoms with Crippen molar-refractivity contribution in [2.45, 2.75) is 76.8 Å². The molecule has 0 saturated carbocycles. The van der Waals surface area contributed by atoms with Crippen molar-refractivity contribution in [2.24, 2.45) is 0 Å². The Hall–Kier alpha value is -0.355. The molecule has 0 bridgehead atoms. The second-order valence-corrected chi connectivity index (χ2v) is 7.15. The lowest BCUT2D eigenvalue weighted by Gasteiger charge is -2.36. The lowest BCUT2D eigenvalue weighted by molar-refractivity contribution is -0.161. The van der Waals surface area contributed by atoms with E-state index in [2.05, 4.69) is 33.8 Å². The molecule has 3 rings (SSSR count). The molecule has 1 unspecified atom stereocenters. The van der Waals surface area contributed by atoms with Crippen molar-refractivity contribution in [3.05, 3.63) is 11.5 Å². The van der Waals surface area contributed by atoms with Crippen molar-refractivity contribution < 1.29 is 18.8 Å². The van der Waals surface area contributed by atoms with Gasteiger partial charge in [0, 0.05) is 12.8 Å². The Morgan fingerprint density at radius 2 is 1.86 bits per heavy atom. The molecule has 3 aliphatic rings. The van der Waals surface area contributed by atoms with Crippen LogP contribution in [0.3, 0.4) is 0 Å². The summed E-state index contributed by atoms with van der Waals surface area (Å²) in [5, 5.41) is 0. The van der Waals surface area contributed by atoms with Gasteiger partial charge in [-0.2, -0.15) is 0 Å². The molecule has 2 fully saturated rings. The second kappa shape index (κ2) is 5.37. The van der Waals surface area contributed by atoms with E-state index in [-0.39, 0.29) is 24.1 Å². The molecule has 2 aliphatic heterocycles. The molecule has 2 saturated heterocycles. The molecule has 0 aromatic heterocycles. The van der Waals surface area contributed by atoms with E-state index in [1.807, 2.05) is 0 Å². The van der Waals surface area contributed by atoms with Gasteiger partial charge in [0.1, 0.15) is 0 Å². The topological polar surface area (TPSA) is 36.9 Å². The van der Waals surface area contributed by atoms with Gasteiger partial charge in [-0.1, -0.05) is 19.4 Å². The molecule has 0 amide bonds. The van der Waals surface area contributed by atoms with Gasteiger partial charge in [0.25, 0.3) is 0 Å². The quantitative estimate of drug-likeness (QED) is 0.749. The fourth-order valence-corrected chi connectivity index (χ4v) is 3.58. The predicted octanol–water partition coefficient (Wildman–Crippen LogP) is 3.25. The van der Waals surface area contributed by atoms with Crippen LogP contribution in [0.2, 0.25) is 0 Å². The average molecular weight is 294 g/mol. The van der Waals surface area contributed by atoms with E-state index in [0.29, 0.717) is 13.2 Å². The van der Waals surface area contributed by atoms with Crippen LogP contribution in [0.15, 0.2) is 11.5 Å². The van der Waals surface area contributed by atoms with Crippen LogP contribution in [0.1, 0.15) is 59.8 Å². The normalized spacial score (nSPS) is 34.5. The first-order valence-electron chi connectivity index (χ1n) is 8.22. The zero-order chi connectivity index (χ0) is 15.1. The Balaban J connectivity index is 1.70. The van der Waals surface area contributed by atoms with Gasteiger partial charge in [0.2, 0.25) is 0 Å². The zero-order valence-corrected chi connectivity index (χ0v) is 13.7. The summed E-state index contributed by atoms with van der Waals surface area (Å²) in [6, 6.07) is 0. The van der Waals surface area contributed by atoms with Gasteiger partial charge in [-0.15, -0.1) is 0 Å². The molecule has 1 atom stereocenters. The van der Waals surface area contributed by atoms with Gasteiger partial charge in [-0.05, 0) is 39.1 Å². The number of rotatable bonds is 3. The highest BCUT2D eigenvalue weighted by molar-refractivity contribution is 6.54. The van der Waals surface area contributed by atoms with Gasteiger partial charge in [-0.3, -0.25) is 0 Å². The van der Waals surface area contributed by atoms with Crippen molar-refractivity contribution in [2.75, 3.05) is 13.2 Å². The molecular weight excluding hydrogens is 267 g/mol. The minimum atomic E-state index is -0.371. The van der Waals surface area contributed by atoms with E-state index in [4.69, 9.17) is 18.8 Å².